The predicted molar refractivity (Wildman–Crippen MR) is 129 cm³/mol. The van der Waals surface area contributed by atoms with Crippen LogP contribution in [0.1, 0.15) is 22.8 Å². The normalized spacial score (nSPS) is 11.5. The van der Waals surface area contributed by atoms with Gasteiger partial charge in [-0.1, -0.05) is 19.1 Å². The highest BCUT2D eigenvalue weighted by Crippen LogP contribution is 2.25. The molecule has 0 aliphatic heterocycles. The fraction of sp³-hybridized carbons (Fsp3) is 0.292. The van der Waals surface area contributed by atoms with E-state index in [0.29, 0.717) is 23.0 Å². The summed E-state index contributed by atoms with van der Waals surface area (Å²) in [6, 6.07) is 14.0. The molecule has 1 aromatic heterocycles. The van der Waals surface area contributed by atoms with Gasteiger partial charge in [0.25, 0.3) is 0 Å². The number of aromatic nitrogens is 2. The number of nitrogens with zero attached hydrogens (tertiary/aromatic N) is 4. The molecule has 1 heterocycles. The molecule has 9 heteroatoms. The zero-order valence-electron chi connectivity index (χ0n) is 19.7. The van der Waals surface area contributed by atoms with Crippen molar-refractivity contribution in [2.45, 2.75) is 13.8 Å². The van der Waals surface area contributed by atoms with Crippen LogP contribution in [-0.2, 0) is 4.84 Å². The standard InChI is InChI=1S/C24H30N6O3/c1-6-29(3)33-16-30(4,5)23(32)18-8-7-9-19(14-18)26-24-25-13-12-22(28-24)27-21-15-20(31)11-10-17(21)2/h7-15H,6,16H2,1-5H3,(H2-,25,26,27,28,31)/p+1. The lowest BCUT2D eigenvalue weighted by Gasteiger charge is -2.28. The van der Waals surface area contributed by atoms with Crippen LogP contribution in [0.3, 0.4) is 0 Å². The molecule has 33 heavy (non-hydrogen) atoms. The predicted octanol–water partition coefficient (Wildman–Crippen LogP) is 4.04. The van der Waals surface area contributed by atoms with Gasteiger partial charge >= 0.3 is 5.91 Å². The molecule has 0 saturated carbocycles. The summed E-state index contributed by atoms with van der Waals surface area (Å²) < 4.78 is 0.0486. The first-order valence-electron chi connectivity index (χ1n) is 10.7. The van der Waals surface area contributed by atoms with Gasteiger partial charge in [0, 0.05) is 37.2 Å². The van der Waals surface area contributed by atoms with E-state index in [1.807, 2.05) is 53.2 Å². The van der Waals surface area contributed by atoms with E-state index in [2.05, 4.69) is 20.6 Å². The van der Waals surface area contributed by atoms with Gasteiger partial charge in [0.05, 0.1) is 19.7 Å². The Balaban J connectivity index is 1.73. The second kappa shape index (κ2) is 10.4. The molecular weight excluding hydrogens is 420 g/mol. The minimum atomic E-state index is -0.0705. The molecule has 0 spiro atoms. The van der Waals surface area contributed by atoms with E-state index < -0.39 is 0 Å². The van der Waals surface area contributed by atoms with Gasteiger partial charge in [-0.05, 0) is 42.8 Å². The third kappa shape index (κ3) is 6.48. The summed E-state index contributed by atoms with van der Waals surface area (Å²) in [7, 11) is 5.46. The van der Waals surface area contributed by atoms with Crippen LogP contribution in [0.4, 0.5) is 23.1 Å². The molecule has 3 rings (SSSR count). The first-order valence-corrected chi connectivity index (χ1v) is 10.7. The van der Waals surface area contributed by atoms with Crippen molar-refractivity contribution in [3.63, 3.8) is 0 Å². The minimum Gasteiger partial charge on any atom is -0.508 e. The Hall–Kier alpha value is -3.53. The first kappa shape index (κ1) is 24.1. The highest BCUT2D eigenvalue weighted by molar-refractivity contribution is 5.90. The lowest BCUT2D eigenvalue weighted by Crippen LogP contribution is -2.48. The summed E-state index contributed by atoms with van der Waals surface area (Å²) in [5.41, 5.74) is 2.97. The van der Waals surface area contributed by atoms with E-state index >= 15 is 0 Å². The van der Waals surface area contributed by atoms with E-state index in [-0.39, 0.29) is 22.9 Å². The summed E-state index contributed by atoms with van der Waals surface area (Å²) >= 11 is 0. The summed E-state index contributed by atoms with van der Waals surface area (Å²) in [4.78, 5) is 27.5. The largest absolute Gasteiger partial charge is 0.508 e. The number of amides is 1. The maximum atomic E-state index is 13.1. The number of hydroxylamine groups is 2. The van der Waals surface area contributed by atoms with Gasteiger partial charge in [-0.2, -0.15) is 10.0 Å². The van der Waals surface area contributed by atoms with Crippen LogP contribution in [0.15, 0.2) is 54.7 Å². The average molecular weight is 452 g/mol. The molecule has 0 bridgehead atoms. The molecule has 2 aromatic carbocycles. The van der Waals surface area contributed by atoms with Gasteiger partial charge in [0.15, 0.2) is 0 Å². The number of carbonyl (C=O) groups excluding carboxylic acids is 1. The number of phenols is 1. The molecule has 1 amide bonds. The maximum Gasteiger partial charge on any atom is 0.347 e. The Morgan fingerprint density at radius 3 is 2.70 bits per heavy atom. The third-order valence-corrected chi connectivity index (χ3v) is 5.10. The Kier molecular flexibility index (Phi) is 7.59. The van der Waals surface area contributed by atoms with Gasteiger partial charge in [-0.3, -0.25) is 0 Å². The second-order valence-electron chi connectivity index (χ2n) is 8.29. The molecule has 0 aliphatic carbocycles. The number of hydrogen-bond acceptors (Lipinski definition) is 8. The average Bonchev–Trinajstić information content (AvgIpc) is 2.80. The quantitative estimate of drug-likeness (QED) is 0.255. The number of carbonyl (C=O) groups is 1. The van der Waals surface area contributed by atoms with Gasteiger partial charge in [0.2, 0.25) is 12.7 Å². The maximum absolute atomic E-state index is 13.1. The molecule has 174 valence electrons. The number of anilines is 4. The molecule has 0 aliphatic rings. The van der Waals surface area contributed by atoms with Crippen LogP contribution in [0.5, 0.6) is 5.75 Å². The van der Waals surface area contributed by atoms with Gasteiger partial charge in [-0.25, -0.2) is 19.1 Å². The van der Waals surface area contributed by atoms with Crippen LogP contribution in [0, 0.1) is 6.92 Å². The van der Waals surface area contributed by atoms with Crippen molar-refractivity contribution in [1.82, 2.24) is 15.0 Å². The minimum absolute atomic E-state index is 0.0486. The molecule has 0 unspecified atom stereocenters. The van der Waals surface area contributed by atoms with E-state index in [1.54, 1.807) is 41.6 Å². The number of phenolic OH excluding ortho intramolecular Hbond substituents is 1. The topological polar surface area (TPSA) is 99.6 Å². The van der Waals surface area contributed by atoms with Gasteiger partial charge in [0.1, 0.15) is 11.6 Å². The number of nitrogens with one attached hydrogen (secondary N) is 2. The number of aromatic hydroxyl groups is 1. The van der Waals surface area contributed by atoms with E-state index in [1.165, 1.54) is 0 Å². The zero-order chi connectivity index (χ0) is 24.0. The number of aryl methyl sites for hydroxylation is 1. The second-order valence-corrected chi connectivity index (χ2v) is 8.29. The lowest BCUT2D eigenvalue weighted by molar-refractivity contribution is -0.836. The van der Waals surface area contributed by atoms with Crippen LogP contribution in [0.2, 0.25) is 0 Å². The highest BCUT2D eigenvalue weighted by atomic mass is 16.7. The Morgan fingerprint density at radius 2 is 1.94 bits per heavy atom. The van der Waals surface area contributed by atoms with E-state index in [9.17, 15) is 9.90 Å². The summed E-state index contributed by atoms with van der Waals surface area (Å²) in [5, 5.41) is 17.8. The molecular formula is C24H31N6O3+. The van der Waals surface area contributed by atoms with Crippen LogP contribution >= 0.6 is 0 Å². The van der Waals surface area contributed by atoms with Crippen molar-refractivity contribution < 1.29 is 19.2 Å². The van der Waals surface area contributed by atoms with Gasteiger partial charge in [-0.15, -0.1) is 0 Å². The van der Waals surface area contributed by atoms with Gasteiger partial charge < -0.3 is 15.7 Å². The van der Waals surface area contributed by atoms with Crippen LogP contribution in [-0.4, -0.2) is 64.9 Å². The first-order chi connectivity index (χ1) is 15.7. The molecule has 3 aromatic rings. The van der Waals surface area contributed by atoms with E-state index in [0.717, 1.165) is 17.8 Å². The SMILES string of the molecule is CCN(C)OC[N+](C)(C)C(=O)c1cccc(Nc2nccc(Nc3cc(O)ccc3C)n2)c1. The number of benzene rings is 2. The zero-order valence-corrected chi connectivity index (χ0v) is 19.7. The fourth-order valence-corrected chi connectivity index (χ4v) is 2.97. The molecule has 3 N–H and O–H groups in total. The summed E-state index contributed by atoms with van der Waals surface area (Å²) in [6.07, 6.45) is 1.63. The van der Waals surface area contributed by atoms with Crippen molar-refractivity contribution in [2.24, 2.45) is 0 Å². The number of hydrogen-bond donors (Lipinski definition) is 3. The molecule has 0 fully saturated rings. The number of quaternary nitrogens is 1. The van der Waals surface area contributed by atoms with Crippen molar-refractivity contribution in [2.75, 3.05) is 45.1 Å². The van der Waals surface area contributed by atoms with Crippen LogP contribution < -0.4 is 10.6 Å². The van der Waals surface area contributed by atoms with Crippen molar-refractivity contribution >= 4 is 29.0 Å². The molecule has 0 radical (unpaired) electrons. The fourth-order valence-electron chi connectivity index (χ4n) is 2.97. The summed E-state index contributed by atoms with van der Waals surface area (Å²) in [6.45, 7) is 4.88. The summed E-state index contributed by atoms with van der Waals surface area (Å²) in [5.74, 6) is 1.05. The van der Waals surface area contributed by atoms with Crippen molar-refractivity contribution in [1.29, 1.82) is 0 Å². The van der Waals surface area contributed by atoms with Crippen molar-refractivity contribution in [3.8, 4) is 5.75 Å². The highest BCUT2D eigenvalue weighted by Gasteiger charge is 2.29. The molecule has 9 nitrogen and oxygen atoms in total. The Morgan fingerprint density at radius 1 is 1.15 bits per heavy atom. The number of rotatable bonds is 9. The third-order valence-electron chi connectivity index (χ3n) is 5.10. The Labute approximate surface area is 194 Å². The van der Waals surface area contributed by atoms with Crippen LogP contribution in [0.25, 0.3) is 0 Å². The van der Waals surface area contributed by atoms with E-state index in [4.69, 9.17) is 4.84 Å². The lowest BCUT2D eigenvalue weighted by atomic mass is 10.1. The molecule has 0 atom stereocenters. The Bertz CT molecular complexity index is 1120. The molecule has 0 saturated heterocycles. The van der Waals surface area contributed by atoms with Crippen molar-refractivity contribution in [3.05, 3.63) is 65.9 Å². The smallest absolute Gasteiger partial charge is 0.347 e. The monoisotopic (exact) mass is 451 g/mol.